The Balaban J connectivity index is 1.43. The Kier molecular flexibility index (Phi) is 5.58. The lowest BCUT2D eigenvalue weighted by Gasteiger charge is -2.34. The molecule has 28 heavy (non-hydrogen) atoms. The zero-order valence-electron chi connectivity index (χ0n) is 15.6. The van der Waals surface area contributed by atoms with Crippen molar-refractivity contribution in [1.82, 2.24) is 20.6 Å². The maximum Gasteiger partial charge on any atom is 0.251 e. The molecular weight excluding hydrogens is 350 g/mol. The molecule has 1 saturated heterocycles. The van der Waals surface area contributed by atoms with Crippen molar-refractivity contribution in [2.24, 2.45) is 0 Å². The number of rotatable bonds is 5. The number of hydrogen-bond acceptors (Lipinski definition) is 5. The summed E-state index contributed by atoms with van der Waals surface area (Å²) >= 11 is 0. The Morgan fingerprint density at radius 2 is 2.04 bits per heavy atom. The van der Waals surface area contributed by atoms with E-state index in [0.29, 0.717) is 12.1 Å². The van der Waals surface area contributed by atoms with Crippen molar-refractivity contribution < 1.29 is 4.79 Å². The van der Waals surface area contributed by atoms with E-state index in [-0.39, 0.29) is 11.9 Å². The standard InChI is InChI=1S/C22H23N5O/c28-22(26-15-17-5-4-9-23-14-17)19-8-10-25-21(13-19)27-12-11-24-20(16-27)18-6-2-1-3-7-18/h1-10,13-14,20,24H,11-12,15-16H2,(H,26,28). The highest BCUT2D eigenvalue weighted by molar-refractivity contribution is 5.94. The molecule has 1 fully saturated rings. The van der Waals surface area contributed by atoms with E-state index >= 15 is 0 Å². The van der Waals surface area contributed by atoms with Crippen LogP contribution in [0.25, 0.3) is 0 Å². The van der Waals surface area contributed by atoms with Gasteiger partial charge in [-0.3, -0.25) is 9.78 Å². The van der Waals surface area contributed by atoms with Crippen molar-refractivity contribution in [2.75, 3.05) is 24.5 Å². The fraction of sp³-hybridized carbons (Fsp3) is 0.227. The monoisotopic (exact) mass is 373 g/mol. The normalized spacial score (nSPS) is 16.6. The predicted molar refractivity (Wildman–Crippen MR) is 109 cm³/mol. The third kappa shape index (κ3) is 4.35. The van der Waals surface area contributed by atoms with Gasteiger partial charge in [-0.25, -0.2) is 4.98 Å². The second-order valence-electron chi connectivity index (χ2n) is 6.81. The molecule has 0 saturated carbocycles. The molecule has 4 rings (SSSR count). The zero-order chi connectivity index (χ0) is 19.2. The van der Waals surface area contributed by atoms with Gasteiger partial charge in [0, 0.05) is 56.4 Å². The third-order valence-electron chi connectivity index (χ3n) is 4.88. The molecular formula is C22H23N5O. The number of pyridine rings is 2. The van der Waals surface area contributed by atoms with E-state index in [0.717, 1.165) is 31.0 Å². The van der Waals surface area contributed by atoms with Crippen molar-refractivity contribution in [3.05, 3.63) is 89.9 Å². The van der Waals surface area contributed by atoms with Gasteiger partial charge >= 0.3 is 0 Å². The van der Waals surface area contributed by atoms with E-state index < -0.39 is 0 Å². The summed E-state index contributed by atoms with van der Waals surface area (Å²) in [5.74, 6) is 0.721. The van der Waals surface area contributed by atoms with Gasteiger partial charge in [0.05, 0.1) is 0 Å². The smallest absolute Gasteiger partial charge is 0.251 e. The molecule has 0 bridgehead atoms. The van der Waals surface area contributed by atoms with Crippen LogP contribution in [0.2, 0.25) is 0 Å². The molecule has 2 aromatic heterocycles. The van der Waals surface area contributed by atoms with E-state index in [1.165, 1.54) is 5.56 Å². The molecule has 1 atom stereocenters. The van der Waals surface area contributed by atoms with Gasteiger partial charge in [0.2, 0.25) is 0 Å². The molecule has 142 valence electrons. The highest BCUT2D eigenvalue weighted by Gasteiger charge is 2.22. The minimum Gasteiger partial charge on any atom is -0.353 e. The minimum atomic E-state index is -0.109. The molecule has 1 unspecified atom stereocenters. The number of nitrogens with one attached hydrogen (secondary N) is 2. The first-order chi connectivity index (χ1) is 13.8. The molecule has 0 aliphatic carbocycles. The van der Waals surface area contributed by atoms with Crippen molar-refractivity contribution >= 4 is 11.7 Å². The Bertz CT molecular complexity index is 916. The average Bonchev–Trinajstić information content (AvgIpc) is 2.79. The number of amides is 1. The van der Waals surface area contributed by atoms with Crippen molar-refractivity contribution in [2.45, 2.75) is 12.6 Å². The Hall–Kier alpha value is -3.25. The van der Waals surface area contributed by atoms with Gasteiger partial charge in [-0.05, 0) is 29.3 Å². The van der Waals surface area contributed by atoms with Crippen LogP contribution in [0, 0.1) is 0 Å². The lowest BCUT2D eigenvalue weighted by Crippen LogP contribution is -2.46. The summed E-state index contributed by atoms with van der Waals surface area (Å²) in [7, 11) is 0. The summed E-state index contributed by atoms with van der Waals surface area (Å²) < 4.78 is 0. The molecule has 1 amide bonds. The van der Waals surface area contributed by atoms with Crippen LogP contribution in [-0.4, -0.2) is 35.5 Å². The van der Waals surface area contributed by atoms with Gasteiger partial charge in [-0.15, -0.1) is 0 Å². The van der Waals surface area contributed by atoms with Gasteiger partial charge < -0.3 is 15.5 Å². The fourth-order valence-electron chi connectivity index (χ4n) is 3.39. The summed E-state index contributed by atoms with van der Waals surface area (Å²) in [6, 6.07) is 18.1. The van der Waals surface area contributed by atoms with Crippen LogP contribution in [0.5, 0.6) is 0 Å². The SMILES string of the molecule is O=C(NCc1cccnc1)c1ccnc(N2CCNC(c3ccccc3)C2)c1. The molecule has 2 N–H and O–H groups in total. The molecule has 0 radical (unpaired) electrons. The van der Waals surface area contributed by atoms with Crippen LogP contribution >= 0.6 is 0 Å². The molecule has 6 heteroatoms. The van der Waals surface area contributed by atoms with E-state index in [1.54, 1.807) is 24.7 Å². The summed E-state index contributed by atoms with van der Waals surface area (Å²) in [6.45, 7) is 3.00. The predicted octanol–water partition coefficient (Wildman–Crippen LogP) is 2.56. The number of piperazine rings is 1. The number of benzene rings is 1. The van der Waals surface area contributed by atoms with Gasteiger partial charge in [-0.1, -0.05) is 36.4 Å². The lowest BCUT2D eigenvalue weighted by molar-refractivity contribution is 0.0951. The van der Waals surface area contributed by atoms with Crippen LogP contribution in [0.4, 0.5) is 5.82 Å². The van der Waals surface area contributed by atoms with Gasteiger partial charge in [0.1, 0.15) is 5.82 Å². The molecule has 0 spiro atoms. The van der Waals surface area contributed by atoms with Gasteiger partial charge in [-0.2, -0.15) is 0 Å². The Morgan fingerprint density at radius 3 is 2.86 bits per heavy atom. The Labute approximate surface area is 164 Å². The number of hydrogen-bond donors (Lipinski definition) is 2. The number of carbonyl (C=O) groups excluding carboxylic acids is 1. The molecule has 3 aromatic rings. The number of anilines is 1. The van der Waals surface area contributed by atoms with E-state index in [2.05, 4.69) is 49.8 Å². The van der Waals surface area contributed by atoms with Crippen molar-refractivity contribution in [3.63, 3.8) is 0 Å². The molecule has 1 aromatic carbocycles. The molecule has 1 aliphatic rings. The van der Waals surface area contributed by atoms with E-state index in [4.69, 9.17) is 0 Å². The van der Waals surface area contributed by atoms with Crippen molar-refractivity contribution in [3.8, 4) is 0 Å². The average molecular weight is 373 g/mol. The molecule has 1 aliphatic heterocycles. The summed E-state index contributed by atoms with van der Waals surface area (Å²) in [6.07, 6.45) is 5.17. The largest absolute Gasteiger partial charge is 0.353 e. The first-order valence-corrected chi connectivity index (χ1v) is 9.46. The third-order valence-corrected chi connectivity index (χ3v) is 4.88. The second kappa shape index (κ2) is 8.63. The highest BCUT2D eigenvalue weighted by atomic mass is 16.1. The number of nitrogens with zero attached hydrogens (tertiary/aromatic N) is 3. The fourth-order valence-corrected chi connectivity index (χ4v) is 3.39. The summed E-state index contributed by atoms with van der Waals surface area (Å²) in [4.78, 5) is 23.3. The van der Waals surface area contributed by atoms with E-state index in [9.17, 15) is 4.79 Å². The first kappa shape index (κ1) is 18.1. The van der Waals surface area contributed by atoms with Crippen molar-refractivity contribution in [1.29, 1.82) is 0 Å². The van der Waals surface area contributed by atoms with Gasteiger partial charge in [0.25, 0.3) is 5.91 Å². The van der Waals surface area contributed by atoms with Gasteiger partial charge in [0.15, 0.2) is 0 Å². The minimum absolute atomic E-state index is 0.109. The quantitative estimate of drug-likeness (QED) is 0.719. The maximum atomic E-state index is 12.5. The first-order valence-electron chi connectivity index (χ1n) is 9.46. The van der Waals surface area contributed by atoms with Crippen LogP contribution < -0.4 is 15.5 Å². The topological polar surface area (TPSA) is 70.2 Å². The number of carbonyl (C=O) groups is 1. The van der Waals surface area contributed by atoms with Crippen LogP contribution in [0.15, 0.2) is 73.2 Å². The van der Waals surface area contributed by atoms with Crippen LogP contribution in [0.3, 0.4) is 0 Å². The lowest BCUT2D eigenvalue weighted by atomic mass is 10.0. The molecule has 6 nitrogen and oxygen atoms in total. The summed E-state index contributed by atoms with van der Waals surface area (Å²) in [5.41, 5.74) is 2.85. The number of aromatic nitrogens is 2. The van der Waals surface area contributed by atoms with Crippen LogP contribution in [0.1, 0.15) is 27.5 Å². The maximum absolute atomic E-state index is 12.5. The molecule has 3 heterocycles. The zero-order valence-corrected chi connectivity index (χ0v) is 15.6. The highest BCUT2D eigenvalue weighted by Crippen LogP contribution is 2.21. The second-order valence-corrected chi connectivity index (χ2v) is 6.81. The summed E-state index contributed by atoms with van der Waals surface area (Å²) in [5, 5.41) is 6.50. The van der Waals surface area contributed by atoms with E-state index in [1.807, 2.05) is 24.3 Å². The Morgan fingerprint density at radius 1 is 1.14 bits per heavy atom. The van der Waals surface area contributed by atoms with Crippen LogP contribution in [-0.2, 0) is 6.54 Å².